The number of aryl methyl sites for hydroxylation is 1. The zero-order valence-electron chi connectivity index (χ0n) is 9.52. The van der Waals surface area contributed by atoms with Crippen molar-refractivity contribution in [2.45, 2.75) is 26.3 Å². The summed E-state index contributed by atoms with van der Waals surface area (Å²) in [5.74, 6) is -0.933. The molecule has 3 N–H and O–H groups in total. The van der Waals surface area contributed by atoms with Crippen LogP contribution in [0, 0.1) is 0 Å². The number of nitrogens with zero attached hydrogens (tertiary/aromatic N) is 1. The highest BCUT2D eigenvalue weighted by atomic mass is 32.1. The smallest absolute Gasteiger partial charge is 0.315 e. The zero-order chi connectivity index (χ0) is 12.7. The first-order valence-electron chi connectivity index (χ1n) is 5.29. The molecule has 1 aromatic rings. The number of carboxylic acid groups (broad SMARTS) is 1. The van der Waals surface area contributed by atoms with Crippen LogP contribution in [0.25, 0.3) is 0 Å². The lowest BCUT2D eigenvalue weighted by atomic mass is 10.4. The standard InChI is InChI=1S/C10H15N3O3S/c1-2-7-5-12-8(17-7)6-13-10(16)11-4-3-9(14)15/h5H,2-4,6H2,1H3,(H,14,15)(H2,11,13,16). The number of aromatic nitrogens is 1. The Bertz CT molecular complexity index is 392. The number of carbonyl (C=O) groups excluding carboxylic acids is 1. The maximum Gasteiger partial charge on any atom is 0.315 e. The van der Waals surface area contributed by atoms with Crippen molar-refractivity contribution in [3.63, 3.8) is 0 Å². The molecule has 0 saturated carbocycles. The van der Waals surface area contributed by atoms with E-state index < -0.39 is 5.97 Å². The largest absolute Gasteiger partial charge is 0.481 e. The Labute approximate surface area is 103 Å². The quantitative estimate of drug-likeness (QED) is 0.708. The molecule has 7 heteroatoms. The number of rotatable bonds is 6. The van der Waals surface area contributed by atoms with Crippen molar-refractivity contribution in [1.82, 2.24) is 15.6 Å². The van der Waals surface area contributed by atoms with E-state index in [4.69, 9.17) is 5.11 Å². The van der Waals surface area contributed by atoms with Crippen molar-refractivity contribution >= 4 is 23.3 Å². The number of hydrogen-bond donors (Lipinski definition) is 3. The maximum atomic E-state index is 11.2. The Kier molecular flexibility index (Phi) is 5.41. The lowest BCUT2D eigenvalue weighted by molar-refractivity contribution is -0.136. The van der Waals surface area contributed by atoms with Gasteiger partial charge in [-0.25, -0.2) is 9.78 Å². The second-order valence-electron chi connectivity index (χ2n) is 3.33. The van der Waals surface area contributed by atoms with E-state index in [2.05, 4.69) is 15.6 Å². The third kappa shape index (κ3) is 5.30. The van der Waals surface area contributed by atoms with Crippen molar-refractivity contribution in [1.29, 1.82) is 0 Å². The van der Waals surface area contributed by atoms with Crippen LogP contribution in [-0.4, -0.2) is 28.6 Å². The van der Waals surface area contributed by atoms with Crippen molar-refractivity contribution in [3.8, 4) is 0 Å². The summed E-state index contributed by atoms with van der Waals surface area (Å²) < 4.78 is 0. The molecule has 0 aliphatic heterocycles. The number of nitrogens with one attached hydrogen (secondary N) is 2. The molecule has 0 aliphatic carbocycles. The van der Waals surface area contributed by atoms with E-state index in [-0.39, 0.29) is 19.0 Å². The van der Waals surface area contributed by atoms with Gasteiger partial charge in [-0.3, -0.25) is 4.79 Å². The molecule has 0 unspecified atom stereocenters. The minimum atomic E-state index is -0.933. The van der Waals surface area contributed by atoms with Gasteiger partial charge in [-0.15, -0.1) is 11.3 Å². The number of aliphatic carboxylic acids is 1. The predicted molar refractivity (Wildman–Crippen MR) is 64.0 cm³/mol. The molecule has 0 spiro atoms. The number of amides is 2. The minimum Gasteiger partial charge on any atom is -0.481 e. The fraction of sp³-hybridized carbons (Fsp3) is 0.500. The highest BCUT2D eigenvalue weighted by molar-refractivity contribution is 7.11. The van der Waals surface area contributed by atoms with Crippen LogP contribution in [0.15, 0.2) is 6.20 Å². The topological polar surface area (TPSA) is 91.3 Å². The van der Waals surface area contributed by atoms with Gasteiger partial charge in [0.15, 0.2) is 0 Å². The highest BCUT2D eigenvalue weighted by Gasteiger charge is 2.04. The average Bonchev–Trinajstić information content (AvgIpc) is 2.73. The molecule has 1 heterocycles. The van der Waals surface area contributed by atoms with Crippen molar-refractivity contribution < 1.29 is 14.7 Å². The molecule has 6 nitrogen and oxygen atoms in total. The van der Waals surface area contributed by atoms with Crippen LogP contribution in [0.3, 0.4) is 0 Å². The van der Waals surface area contributed by atoms with Gasteiger partial charge in [-0.05, 0) is 6.42 Å². The zero-order valence-corrected chi connectivity index (χ0v) is 10.3. The fourth-order valence-corrected chi connectivity index (χ4v) is 1.90. The first kappa shape index (κ1) is 13.4. The first-order chi connectivity index (χ1) is 8.11. The van der Waals surface area contributed by atoms with Crippen molar-refractivity contribution in [2.75, 3.05) is 6.54 Å². The van der Waals surface area contributed by atoms with Crippen molar-refractivity contribution in [3.05, 3.63) is 16.1 Å². The van der Waals surface area contributed by atoms with Gasteiger partial charge in [0.1, 0.15) is 5.01 Å². The fourth-order valence-electron chi connectivity index (χ4n) is 1.09. The van der Waals surface area contributed by atoms with Gasteiger partial charge in [-0.2, -0.15) is 0 Å². The van der Waals surface area contributed by atoms with Gasteiger partial charge >= 0.3 is 12.0 Å². The normalized spacial score (nSPS) is 9.94. The van der Waals surface area contributed by atoms with Gasteiger partial charge in [0.25, 0.3) is 0 Å². The summed E-state index contributed by atoms with van der Waals surface area (Å²) in [6, 6.07) is -0.375. The van der Waals surface area contributed by atoms with E-state index in [0.717, 1.165) is 11.4 Å². The second-order valence-corrected chi connectivity index (χ2v) is 4.53. The Hall–Kier alpha value is -1.63. The molecular weight excluding hydrogens is 242 g/mol. The second kappa shape index (κ2) is 6.85. The Morgan fingerprint density at radius 3 is 2.82 bits per heavy atom. The molecule has 2 amide bonds. The van der Waals surface area contributed by atoms with Gasteiger partial charge in [-0.1, -0.05) is 6.92 Å². The van der Waals surface area contributed by atoms with E-state index in [9.17, 15) is 9.59 Å². The third-order valence-corrected chi connectivity index (χ3v) is 3.12. The SMILES string of the molecule is CCc1cnc(CNC(=O)NCCC(=O)O)s1. The Morgan fingerprint density at radius 2 is 2.24 bits per heavy atom. The molecule has 0 aromatic carbocycles. The summed E-state index contributed by atoms with van der Waals surface area (Å²) in [4.78, 5) is 26.8. The molecule has 17 heavy (non-hydrogen) atoms. The molecule has 1 aromatic heterocycles. The van der Waals surface area contributed by atoms with Crippen LogP contribution in [0.1, 0.15) is 23.2 Å². The highest BCUT2D eigenvalue weighted by Crippen LogP contribution is 2.12. The Morgan fingerprint density at radius 1 is 1.47 bits per heavy atom. The molecule has 0 saturated heterocycles. The molecule has 0 radical (unpaired) electrons. The first-order valence-corrected chi connectivity index (χ1v) is 6.10. The predicted octanol–water partition coefficient (Wildman–Crippen LogP) is 0.979. The average molecular weight is 257 g/mol. The van der Waals surface area contributed by atoms with Crippen LogP contribution in [0.4, 0.5) is 4.79 Å². The monoisotopic (exact) mass is 257 g/mol. The molecule has 94 valence electrons. The minimum absolute atomic E-state index is 0.0787. The Balaban J connectivity index is 2.21. The van der Waals surface area contributed by atoms with E-state index in [1.54, 1.807) is 17.5 Å². The van der Waals surface area contributed by atoms with Gasteiger partial charge in [0.2, 0.25) is 0 Å². The molecule has 1 rings (SSSR count). The van der Waals surface area contributed by atoms with Crippen molar-refractivity contribution in [2.24, 2.45) is 0 Å². The molecule has 0 fully saturated rings. The van der Waals surface area contributed by atoms with E-state index in [1.807, 2.05) is 6.92 Å². The summed E-state index contributed by atoms with van der Waals surface area (Å²) in [5.41, 5.74) is 0. The van der Waals surface area contributed by atoms with Crippen LogP contribution in [0.2, 0.25) is 0 Å². The molecular formula is C10H15N3O3S. The summed E-state index contributed by atoms with van der Waals surface area (Å²) in [6.07, 6.45) is 2.65. The molecule has 0 atom stereocenters. The van der Waals surface area contributed by atoms with E-state index >= 15 is 0 Å². The van der Waals surface area contributed by atoms with Crippen LogP contribution in [-0.2, 0) is 17.8 Å². The number of urea groups is 1. The number of carboxylic acids is 1. The lowest BCUT2D eigenvalue weighted by Gasteiger charge is -2.04. The molecule has 0 bridgehead atoms. The number of carbonyl (C=O) groups is 2. The van der Waals surface area contributed by atoms with E-state index in [0.29, 0.717) is 6.54 Å². The summed E-state index contributed by atoms with van der Waals surface area (Å²) in [5, 5.41) is 14.3. The lowest BCUT2D eigenvalue weighted by Crippen LogP contribution is -2.36. The van der Waals surface area contributed by atoms with Crippen LogP contribution < -0.4 is 10.6 Å². The maximum absolute atomic E-state index is 11.2. The van der Waals surface area contributed by atoms with Crippen LogP contribution >= 0.6 is 11.3 Å². The van der Waals surface area contributed by atoms with Gasteiger partial charge in [0, 0.05) is 17.6 Å². The molecule has 0 aliphatic rings. The summed E-state index contributed by atoms with van der Waals surface area (Å²) in [7, 11) is 0. The van der Waals surface area contributed by atoms with Gasteiger partial charge < -0.3 is 15.7 Å². The summed E-state index contributed by atoms with van der Waals surface area (Å²) >= 11 is 1.56. The number of thiazole rings is 1. The van der Waals surface area contributed by atoms with Gasteiger partial charge in [0.05, 0.1) is 13.0 Å². The summed E-state index contributed by atoms with van der Waals surface area (Å²) in [6.45, 7) is 2.53. The number of hydrogen-bond acceptors (Lipinski definition) is 4. The van der Waals surface area contributed by atoms with E-state index in [1.165, 1.54) is 4.88 Å². The third-order valence-electron chi connectivity index (χ3n) is 1.97. The van der Waals surface area contributed by atoms with Crippen LogP contribution in [0.5, 0.6) is 0 Å².